The first-order valence-corrected chi connectivity index (χ1v) is 9.67. The number of hydrogen-bond donors (Lipinski definition) is 4. The van der Waals surface area contributed by atoms with Crippen molar-refractivity contribution in [1.82, 2.24) is 0 Å². The van der Waals surface area contributed by atoms with E-state index < -0.39 is 11.6 Å². The maximum Gasteiger partial charge on any atom is 0.230 e. The highest BCUT2D eigenvalue weighted by Gasteiger charge is 2.41. The van der Waals surface area contributed by atoms with Crippen LogP contribution in [0, 0.1) is 0 Å². The Balaban J connectivity index is 2.47. The first-order chi connectivity index (χ1) is 13.7. The fourth-order valence-corrected chi connectivity index (χ4v) is 2.94. The van der Waals surface area contributed by atoms with Crippen LogP contribution in [0.25, 0.3) is 0 Å². The van der Waals surface area contributed by atoms with Gasteiger partial charge < -0.3 is 44.1 Å². The molecule has 0 atom stereocenters. The predicted molar refractivity (Wildman–Crippen MR) is 101 cm³/mol. The molecule has 0 heterocycles. The number of ether oxygens (including phenoxy) is 5. The van der Waals surface area contributed by atoms with E-state index in [4.69, 9.17) is 23.7 Å². The summed E-state index contributed by atoms with van der Waals surface area (Å²) in [6.45, 7) is 7.97. The maximum atomic E-state index is 10.3. The Bertz CT molecular complexity index is 653. The Morgan fingerprint density at radius 3 is 1.31 bits per heavy atom. The third kappa shape index (κ3) is 5.45. The third-order valence-corrected chi connectivity index (χ3v) is 4.13. The fourth-order valence-electron chi connectivity index (χ4n) is 2.94. The summed E-state index contributed by atoms with van der Waals surface area (Å²) >= 11 is 0. The van der Waals surface area contributed by atoms with E-state index in [2.05, 4.69) is 0 Å². The predicted octanol–water partition coefficient (Wildman–Crippen LogP) is 1.51. The molecule has 0 bridgehead atoms. The summed E-state index contributed by atoms with van der Waals surface area (Å²) in [7, 11) is 0. The van der Waals surface area contributed by atoms with Crippen molar-refractivity contribution in [2.75, 3.05) is 26.4 Å². The van der Waals surface area contributed by atoms with Crippen molar-refractivity contribution in [3.05, 3.63) is 46.7 Å². The second kappa shape index (κ2) is 9.53. The summed E-state index contributed by atoms with van der Waals surface area (Å²) < 4.78 is 27.7. The van der Waals surface area contributed by atoms with Crippen LogP contribution in [0.1, 0.15) is 40.5 Å². The van der Waals surface area contributed by atoms with Gasteiger partial charge in [0.1, 0.15) is 11.5 Å². The molecular weight excluding hydrogens is 384 g/mol. The molecule has 9 nitrogen and oxygen atoms in total. The van der Waals surface area contributed by atoms with Gasteiger partial charge in [0.15, 0.2) is 23.0 Å². The molecule has 29 heavy (non-hydrogen) atoms. The number of rotatable bonds is 10. The van der Waals surface area contributed by atoms with Crippen molar-refractivity contribution in [3.63, 3.8) is 0 Å². The summed E-state index contributed by atoms with van der Waals surface area (Å²) in [6, 6.07) is 0. The lowest BCUT2D eigenvalue weighted by Crippen LogP contribution is -2.37. The molecule has 2 rings (SSSR count). The molecule has 0 fully saturated rings. The minimum atomic E-state index is -2.23. The third-order valence-electron chi connectivity index (χ3n) is 4.13. The van der Waals surface area contributed by atoms with Gasteiger partial charge in [-0.05, 0) is 27.7 Å². The number of hydrogen-bond acceptors (Lipinski definition) is 9. The lowest BCUT2D eigenvalue weighted by Gasteiger charge is -2.32. The smallest absolute Gasteiger partial charge is 0.230 e. The highest BCUT2D eigenvalue weighted by atomic mass is 16.6. The molecule has 0 saturated carbocycles. The minimum absolute atomic E-state index is 0.0829. The van der Waals surface area contributed by atoms with Crippen molar-refractivity contribution in [2.45, 2.75) is 52.1 Å². The van der Waals surface area contributed by atoms with Crippen LogP contribution in [-0.4, -0.2) is 58.4 Å². The quantitative estimate of drug-likeness (QED) is 0.393. The molecule has 0 spiro atoms. The van der Waals surface area contributed by atoms with Crippen LogP contribution >= 0.6 is 0 Å². The molecule has 0 radical (unpaired) electrons. The Labute approximate surface area is 170 Å². The zero-order valence-electron chi connectivity index (χ0n) is 17.2. The fraction of sp³-hybridized carbons (Fsp3) is 0.600. The van der Waals surface area contributed by atoms with Gasteiger partial charge in [-0.15, -0.1) is 0 Å². The van der Waals surface area contributed by atoms with Crippen molar-refractivity contribution >= 4 is 0 Å². The van der Waals surface area contributed by atoms with Crippen molar-refractivity contribution in [3.8, 4) is 0 Å². The van der Waals surface area contributed by atoms with E-state index in [1.165, 1.54) is 12.2 Å². The molecule has 0 saturated heterocycles. The largest absolute Gasteiger partial charge is 0.494 e. The van der Waals surface area contributed by atoms with Crippen molar-refractivity contribution in [2.24, 2.45) is 0 Å². The van der Waals surface area contributed by atoms with Crippen LogP contribution < -0.4 is 0 Å². The van der Waals surface area contributed by atoms with Gasteiger partial charge in [0.2, 0.25) is 11.6 Å². The minimum Gasteiger partial charge on any atom is -0.494 e. The normalized spacial score (nSPS) is 20.7. The molecule has 0 aliphatic heterocycles. The molecule has 0 aromatic rings. The highest BCUT2D eigenvalue weighted by Crippen LogP contribution is 2.38. The van der Waals surface area contributed by atoms with Crippen LogP contribution in [-0.2, 0) is 23.7 Å². The van der Waals surface area contributed by atoms with Crippen LogP contribution in [0.4, 0.5) is 0 Å². The first-order valence-electron chi connectivity index (χ1n) is 9.67. The standard InChI is InChI=1S/C20H30O9/c1-5-25-15-11-19(21,22)17(27-7-3)9-13(15)29-14-10-18(28-8-4)20(23,24)12-16(14)26-6-2/h9-10,21-24H,5-8,11-12H2,1-4H3. The topological polar surface area (TPSA) is 127 Å². The van der Waals surface area contributed by atoms with Gasteiger partial charge in [-0.25, -0.2) is 0 Å². The summed E-state index contributed by atoms with van der Waals surface area (Å²) in [4.78, 5) is 0. The van der Waals surface area contributed by atoms with Gasteiger partial charge in [0.05, 0.1) is 39.3 Å². The van der Waals surface area contributed by atoms with Gasteiger partial charge in [-0.3, -0.25) is 0 Å². The first kappa shape index (κ1) is 23.1. The Hall–Kier alpha value is -2.20. The molecule has 2 aliphatic carbocycles. The SMILES string of the molecule is CCOC1=CC(OC2=C(OCC)CC(O)(O)C(OCC)=C2)=C(OCC)CC1(O)O. The van der Waals surface area contributed by atoms with E-state index in [9.17, 15) is 20.4 Å². The van der Waals surface area contributed by atoms with E-state index in [0.717, 1.165) is 0 Å². The average molecular weight is 414 g/mol. The molecule has 0 amide bonds. The second-order valence-corrected chi connectivity index (χ2v) is 6.41. The molecule has 0 aromatic carbocycles. The van der Waals surface area contributed by atoms with Gasteiger partial charge in [0.25, 0.3) is 0 Å². The summed E-state index contributed by atoms with van der Waals surface area (Å²) in [6.07, 6.45) is 2.13. The van der Waals surface area contributed by atoms with Crippen molar-refractivity contribution < 1.29 is 44.1 Å². The highest BCUT2D eigenvalue weighted by molar-refractivity contribution is 5.35. The average Bonchev–Trinajstić information content (AvgIpc) is 2.62. The second-order valence-electron chi connectivity index (χ2n) is 6.41. The molecule has 4 N–H and O–H groups in total. The van der Waals surface area contributed by atoms with Crippen LogP contribution in [0.3, 0.4) is 0 Å². The van der Waals surface area contributed by atoms with E-state index in [0.29, 0.717) is 0 Å². The van der Waals surface area contributed by atoms with E-state index in [1.54, 1.807) is 27.7 Å². The molecule has 0 unspecified atom stereocenters. The van der Waals surface area contributed by atoms with Gasteiger partial charge in [0, 0.05) is 12.2 Å². The van der Waals surface area contributed by atoms with Crippen LogP contribution in [0.2, 0.25) is 0 Å². The molecule has 0 aromatic heterocycles. The zero-order chi connectivity index (χ0) is 21.7. The van der Waals surface area contributed by atoms with Gasteiger partial charge >= 0.3 is 0 Å². The Kier molecular flexibility index (Phi) is 7.59. The lowest BCUT2D eigenvalue weighted by molar-refractivity contribution is -0.167. The van der Waals surface area contributed by atoms with Crippen LogP contribution in [0.5, 0.6) is 0 Å². The zero-order valence-corrected chi connectivity index (χ0v) is 17.2. The van der Waals surface area contributed by atoms with E-state index >= 15 is 0 Å². The van der Waals surface area contributed by atoms with E-state index in [-0.39, 0.29) is 73.8 Å². The van der Waals surface area contributed by atoms with E-state index in [1.807, 2.05) is 0 Å². The van der Waals surface area contributed by atoms with Crippen molar-refractivity contribution in [1.29, 1.82) is 0 Å². The Morgan fingerprint density at radius 1 is 0.655 bits per heavy atom. The molecule has 2 aliphatic rings. The summed E-state index contributed by atoms with van der Waals surface area (Å²) in [5.74, 6) is -3.82. The monoisotopic (exact) mass is 414 g/mol. The number of aliphatic hydroxyl groups is 4. The molecule has 164 valence electrons. The maximum absolute atomic E-state index is 10.3. The Morgan fingerprint density at radius 2 is 1.00 bits per heavy atom. The van der Waals surface area contributed by atoms with Gasteiger partial charge in [-0.1, -0.05) is 0 Å². The van der Waals surface area contributed by atoms with Crippen LogP contribution in [0.15, 0.2) is 46.7 Å². The summed E-state index contributed by atoms with van der Waals surface area (Å²) in [5, 5.41) is 41.0. The number of allylic oxidation sites excluding steroid dienone is 2. The molecular formula is C20H30O9. The lowest BCUT2D eigenvalue weighted by atomic mass is 10.0. The van der Waals surface area contributed by atoms with Gasteiger partial charge in [-0.2, -0.15) is 0 Å². The molecule has 9 heteroatoms. The summed E-state index contributed by atoms with van der Waals surface area (Å²) in [5.41, 5.74) is 0.